The fourth-order valence-electron chi connectivity index (χ4n) is 2.85. The van der Waals surface area contributed by atoms with E-state index in [1.807, 2.05) is 38.1 Å². The highest BCUT2D eigenvalue weighted by atomic mass is 32.2. The number of carbonyl (C=O) groups excluding carboxylic acids is 1. The van der Waals surface area contributed by atoms with Crippen LogP contribution in [0.1, 0.15) is 34.2 Å². The maximum Gasteiger partial charge on any atom is 0.340 e. The maximum absolute atomic E-state index is 12.2. The third-order valence-corrected chi connectivity index (χ3v) is 5.00. The van der Waals surface area contributed by atoms with Gasteiger partial charge >= 0.3 is 5.97 Å². The summed E-state index contributed by atoms with van der Waals surface area (Å²) in [5.74, 6) is 1.08. The van der Waals surface area contributed by atoms with Crippen molar-refractivity contribution in [1.82, 2.24) is 10.4 Å². The molecule has 2 heterocycles. The number of H-pyrrole nitrogens is 1. The number of hydrogen-bond donors (Lipinski definition) is 2. The van der Waals surface area contributed by atoms with Crippen molar-refractivity contribution in [3.63, 3.8) is 0 Å². The van der Waals surface area contributed by atoms with Gasteiger partial charge in [-0.2, -0.15) is 5.10 Å². The number of esters is 1. The van der Waals surface area contributed by atoms with E-state index in [-0.39, 0.29) is 5.97 Å². The van der Waals surface area contributed by atoms with Crippen LogP contribution in [-0.2, 0) is 4.74 Å². The van der Waals surface area contributed by atoms with Gasteiger partial charge in [-0.05, 0) is 38.5 Å². The van der Waals surface area contributed by atoms with Crippen LogP contribution in [0.25, 0.3) is 0 Å². The fraction of sp³-hybridized carbons (Fsp3) is 0.316. The van der Waals surface area contributed by atoms with Gasteiger partial charge in [0.25, 0.3) is 0 Å². The molecule has 1 aliphatic heterocycles. The smallest absolute Gasteiger partial charge is 0.340 e. The molecule has 0 bridgehead atoms. The minimum absolute atomic E-state index is 0.313. The molecule has 0 radical (unpaired) electrons. The maximum atomic E-state index is 12.2. The summed E-state index contributed by atoms with van der Waals surface area (Å²) in [5.41, 5.74) is 7.67. The summed E-state index contributed by atoms with van der Waals surface area (Å²) in [6, 6.07) is 7.53. The Bertz CT molecular complexity index is 918. The molecule has 3 rings (SSSR count). The van der Waals surface area contributed by atoms with Gasteiger partial charge in [0.2, 0.25) is 0 Å². The zero-order chi connectivity index (χ0) is 19.4. The van der Waals surface area contributed by atoms with Crippen LogP contribution in [-0.4, -0.2) is 41.3 Å². The zero-order valence-corrected chi connectivity index (χ0v) is 16.6. The average Bonchev–Trinajstić information content (AvgIpc) is 2.97. The van der Waals surface area contributed by atoms with Crippen molar-refractivity contribution in [3.05, 3.63) is 46.8 Å². The molecule has 0 unspecified atom stereocenters. The van der Waals surface area contributed by atoms with Crippen molar-refractivity contribution in [3.8, 4) is 5.75 Å². The summed E-state index contributed by atoms with van der Waals surface area (Å²) < 4.78 is 10.4. The van der Waals surface area contributed by atoms with Crippen LogP contribution < -0.4 is 10.2 Å². The molecule has 1 aliphatic rings. The van der Waals surface area contributed by atoms with Crippen molar-refractivity contribution in [2.45, 2.75) is 20.8 Å². The van der Waals surface area contributed by atoms with Gasteiger partial charge in [0.05, 0.1) is 36.4 Å². The molecule has 27 heavy (non-hydrogen) atoms. The molecule has 0 spiro atoms. The number of aromatic amines is 1. The average molecular weight is 386 g/mol. The number of aromatic nitrogens is 1. The first kappa shape index (κ1) is 19.0. The van der Waals surface area contributed by atoms with Gasteiger partial charge in [-0.15, -0.1) is 0 Å². The van der Waals surface area contributed by atoms with Gasteiger partial charge in [-0.1, -0.05) is 17.8 Å². The van der Waals surface area contributed by atoms with E-state index >= 15 is 0 Å². The first-order chi connectivity index (χ1) is 13.0. The van der Waals surface area contributed by atoms with Gasteiger partial charge in [0.15, 0.2) is 5.17 Å². The number of ether oxygens (including phenoxy) is 2. The Labute approximate surface area is 162 Å². The minimum atomic E-state index is -0.313. The van der Waals surface area contributed by atoms with Crippen LogP contribution in [0, 0.1) is 13.8 Å². The quantitative estimate of drug-likeness (QED) is 0.768. The number of aliphatic imine (C=N–C) groups is 1. The minimum Gasteiger partial charge on any atom is -0.497 e. The molecule has 2 aromatic rings. The molecule has 142 valence electrons. The largest absolute Gasteiger partial charge is 0.497 e. The highest BCUT2D eigenvalue weighted by Gasteiger charge is 2.23. The molecular formula is C19H22N4O3S. The molecule has 1 aromatic heterocycles. The van der Waals surface area contributed by atoms with Crippen molar-refractivity contribution in [2.75, 3.05) is 19.5 Å². The van der Waals surface area contributed by atoms with Crippen LogP contribution >= 0.6 is 11.8 Å². The predicted molar refractivity (Wildman–Crippen MR) is 108 cm³/mol. The van der Waals surface area contributed by atoms with Gasteiger partial charge in [0.1, 0.15) is 5.75 Å². The first-order valence-corrected chi connectivity index (χ1v) is 9.56. The second kappa shape index (κ2) is 8.30. The predicted octanol–water partition coefficient (Wildman–Crippen LogP) is 3.55. The standard InChI is InChI=1S/C19H22N4O3S/c1-5-26-18(24)16-11(2)17(20-12(16)3)15-10-27-19(23-22-15)21-13-7-6-8-14(9-13)25-4/h6-9,20H,5,10H2,1-4H3,(H,21,23). The number of hydrazone groups is 1. The van der Waals surface area contributed by atoms with Gasteiger partial charge in [-0.25, -0.2) is 9.79 Å². The Hall–Kier alpha value is -2.74. The van der Waals surface area contributed by atoms with Crippen LogP contribution in [0.5, 0.6) is 5.75 Å². The lowest BCUT2D eigenvalue weighted by Crippen LogP contribution is -2.25. The molecule has 1 aromatic carbocycles. The molecule has 2 N–H and O–H groups in total. The number of thioether (sulfide) groups is 1. The Morgan fingerprint density at radius 3 is 2.85 bits per heavy atom. The van der Waals surface area contributed by atoms with E-state index in [4.69, 9.17) is 9.47 Å². The summed E-state index contributed by atoms with van der Waals surface area (Å²) in [6.07, 6.45) is 0. The molecule has 0 amide bonds. The fourth-order valence-corrected chi connectivity index (χ4v) is 3.61. The van der Waals surface area contributed by atoms with Gasteiger partial charge in [-0.3, -0.25) is 5.43 Å². The molecule has 8 heteroatoms. The molecule has 0 aliphatic carbocycles. The lowest BCUT2D eigenvalue weighted by molar-refractivity contribution is 0.0525. The van der Waals surface area contributed by atoms with Crippen molar-refractivity contribution in [1.29, 1.82) is 0 Å². The van der Waals surface area contributed by atoms with E-state index in [1.54, 1.807) is 25.8 Å². The number of nitrogens with zero attached hydrogens (tertiary/aromatic N) is 2. The summed E-state index contributed by atoms with van der Waals surface area (Å²) in [7, 11) is 1.63. The number of amidine groups is 1. The Morgan fingerprint density at radius 1 is 1.37 bits per heavy atom. The summed E-state index contributed by atoms with van der Waals surface area (Å²) in [4.78, 5) is 20.0. The summed E-state index contributed by atoms with van der Waals surface area (Å²) >= 11 is 1.55. The lowest BCUT2D eigenvalue weighted by atomic mass is 10.1. The number of aryl methyl sites for hydroxylation is 1. The summed E-state index contributed by atoms with van der Waals surface area (Å²) in [6.45, 7) is 5.91. The van der Waals surface area contributed by atoms with E-state index in [9.17, 15) is 4.79 Å². The number of methoxy groups -OCH3 is 1. The number of benzene rings is 1. The van der Waals surface area contributed by atoms with E-state index in [0.29, 0.717) is 23.1 Å². The zero-order valence-electron chi connectivity index (χ0n) is 15.8. The topological polar surface area (TPSA) is 88.1 Å². The molecular weight excluding hydrogens is 364 g/mol. The molecule has 0 fully saturated rings. The van der Waals surface area contributed by atoms with Crippen LogP contribution in [0.15, 0.2) is 34.4 Å². The van der Waals surface area contributed by atoms with Crippen LogP contribution in [0.3, 0.4) is 0 Å². The SMILES string of the molecule is CCOC(=O)c1c(C)[nH]c(C2=NNC(=Nc3cccc(OC)c3)SC2)c1C. The Morgan fingerprint density at radius 2 is 2.19 bits per heavy atom. The highest BCUT2D eigenvalue weighted by molar-refractivity contribution is 8.14. The molecule has 0 saturated carbocycles. The Balaban J connectivity index is 1.80. The van der Waals surface area contributed by atoms with E-state index in [2.05, 4.69) is 20.5 Å². The third-order valence-electron chi connectivity index (χ3n) is 4.12. The second-order valence-electron chi connectivity index (χ2n) is 5.92. The number of hydrogen-bond acceptors (Lipinski definition) is 6. The lowest BCUT2D eigenvalue weighted by Gasteiger charge is -2.14. The normalized spacial score (nSPS) is 15.3. The van der Waals surface area contributed by atoms with Crippen molar-refractivity contribution in [2.24, 2.45) is 10.1 Å². The van der Waals surface area contributed by atoms with E-state index in [1.165, 1.54) is 0 Å². The van der Waals surface area contributed by atoms with Crippen LogP contribution in [0.2, 0.25) is 0 Å². The monoisotopic (exact) mass is 386 g/mol. The summed E-state index contributed by atoms with van der Waals surface area (Å²) in [5, 5.41) is 5.15. The Kier molecular flexibility index (Phi) is 5.85. The van der Waals surface area contributed by atoms with E-state index in [0.717, 1.165) is 34.1 Å². The third kappa shape index (κ3) is 4.16. The van der Waals surface area contributed by atoms with Crippen molar-refractivity contribution >= 4 is 34.3 Å². The van der Waals surface area contributed by atoms with Crippen molar-refractivity contribution < 1.29 is 14.3 Å². The molecule has 0 saturated heterocycles. The number of rotatable bonds is 5. The van der Waals surface area contributed by atoms with E-state index < -0.39 is 0 Å². The van der Waals surface area contributed by atoms with Crippen LogP contribution in [0.4, 0.5) is 5.69 Å². The number of carbonyl (C=O) groups is 1. The highest BCUT2D eigenvalue weighted by Crippen LogP contribution is 2.25. The number of nitrogens with one attached hydrogen (secondary N) is 2. The second-order valence-corrected chi connectivity index (χ2v) is 6.89. The molecule has 0 atom stereocenters. The van der Waals surface area contributed by atoms with Gasteiger partial charge in [0, 0.05) is 17.5 Å². The first-order valence-electron chi connectivity index (χ1n) is 8.58. The van der Waals surface area contributed by atoms with Gasteiger partial charge < -0.3 is 14.5 Å². The molecule has 7 nitrogen and oxygen atoms in total.